The number of aliphatic hydroxyl groups is 1. The van der Waals surface area contributed by atoms with Crippen LogP contribution in [0.25, 0.3) is 0 Å². The number of rotatable bonds is 4. The normalized spacial score (nSPS) is 23.1. The van der Waals surface area contributed by atoms with Gasteiger partial charge in [-0.15, -0.1) is 0 Å². The van der Waals surface area contributed by atoms with Crippen LogP contribution in [0.5, 0.6) is 0 Å². The summed E-state index contributed by atoms with van der Waals surface area (Å²) in [6.45, 7) is 12.5. The lowest BCUT2D eigenvalue weighted by molar-refractivity contribution is -0.121. The minimum Gasteiger partial charge on any atom is -0.444 e. The van der Waals surface area contributed by atoms with Crippen LogP contribution in [-0.4, -0.2) is 82.4 Å². The van der Waals surface area contributed by atoms with Crippen molar-refractivity contribution >= 4 is 17.7 Å². The lowest BCUT2D eigenvalue weighted by Crippen LogP contribution is -2.62. The maximum absolute atomic E-state index is 13.9. The molecule has 2 aliphatic rings. The molecular formula is C24H36F2N4O4. The summed E-state index contributed by atoms with van der Waals surface area (Å²) >= 11 is 0. The molecule has 3 heterocycles. The monoisotopic (exact) mass is 482 g/mol. The SMILES string of the molecule is CC1CN(CC(=O)N2CC(C)(C)c3ncc(C(C)(F)F)cc32)C(CO)CN1C(=O)OC(C)(C)C. The van der Waals surface area contributed by atoms with E-state index in [1.807, 2.05) is 25.7 Å². The predicted molar refractivity (Wildman–Crippen MR) is 124 cm³/mol. The molecule has 0 spiro atoms. The van der Waals surface area contributed by atoms with Gasteiger partial charge in [0.2, 0.25) is 5.91 Å². The summed E-state index contributed by atoms with van der Waals surface area (Å²) in [6, 6.07) is 0.661. The Hall–Kier alpha value is -2.33. The van der Waals surface area contributed by atoms with Crippen LogP contribution in [-0.2, 0) is 20.9 Å². The number of alkyl halides is 2. The fourth-order valence-electron chi connectivity index (χ4n) is 4.51. The first-order valence-electron chi connectivity index (χ1n) is 11.6. The summed E-state index contributed by atoms with van der Waals surface area (Å²) in [5, 5.41) is 9.99. The van der Waals surface area contributed by atoms with Gasteiger partial charge in [-0.25, -0.2) is 13.6 Å². The van der Waals surface area contributed by atoms with E-state index in [2.05, 4.69) is 4.98 Å². The van der Waals surface area contributed by atoms with Crippen molar-refractivity contribution in [3.05, 3.63) is 23.5 Å². The molecule has 2 aliphatic heterocycles. The fraction of sp³-hybridized carbons (Fsp3) is 0.708. The third-order valence-corrected chi connectivity index (χ3v) is 6.29. The van der Waals surface area contributed by atoms with Gasteiger partial charge in [0.05, 0.1) is 30.6 Å². The molecule has 10 heteroatoms. The van der Waals surface area contributed by atoms with E-state index in [1.54, 1.807) is 25.7 Å². The Labute approximate surface area is 199 Å². The van der Waals surface area contributed by atoms with E-state index in [4.69, 9.17) is 4.74 Å². The standard InChI is InChI=1S/C24H36F2N4O4/c1-15-10-28(17(13-31)11-29(15)21(33)34-22(2,3)4)12-19(32)30-14-23(5,6)20-18(30)8-16(9-27-20)24(7,25)26/h8-9,15,17,31H,10-14H2,1-7H3. The van der Waals surface area contributed by atoms with E-state index in [-0.39, 0.29) is 37.2 Å². The molecule has 0 aromatic carbocycles. The minimum atomic E-state index is -3.07. The Balaban J connectivity index is 1.78. The molecule has 0 radical (unpaired) electrons. The second kappa shape index (κ2) is 9.03. The maximum atomic E-state index is 13.9. The molecule has 1 fully saturated rings. The van der Waals surface area contributed by atoms with E-state index in [0.717, 1.165) is 6.92 Å². The number of amides is 2. The molecule has 1 saturated heterocycles. The molecule has 1 N–H and O–H groups in total. The van der Waals surface area contributed by atoms with Gasteiger partial charge < -0.3 is 19.6 Å². The third kappa shape index (κ3) is 5.49. The molecule has 2 unspecified atom stereocenters. The van der Waals surface area contributed by atoms with E-state index in [0.29, 0.717) is 24.5 Å². The summed E-state index contributed by atoms with van der Waals surface area (Å²) in [6.07, 6.45) is 0.715. The molecule has 1 aromatic heterocycles. The first kappa shape index (κ1) is 26.3. The van der Waals surface area contributed by atoms with Crippen LogP contribution in [0.1, 0.15) is 59.7 Å². The smallest absolute Gasteiger partial charge is 0.410 e. The molecule has 190 valence electrons. The molecule has 2 atom stereocenters. The zero-order valence-electron chi connectivity index (χ0n) is 21.1. The number of fused-ring (bicyclic) bond motifs is 1. The second-order valence-corrected chi connectivity index (χ2v) is 11.1. The first-order valence-corrected chi connectivity index (χ1v) is 11.6. The van der Waals surface area contributed by atoms with Crippen LogP contribution in [0, 0.1) is 0 Å². The molecule has 8 nitrogen and oxygen atoms in total. The van der Waals surface area contributed by atoms with Gasteiger partial charge in [0.15, 0.2) is 0 Å². The lowest BCUT2D eigenvalue weighted by Gasteiger charge is -2.44. The van der Waals surface area contributed by atoms with Gasteiger partial charge in [0, 0.05) is 49.8 Å². The lowest BCUT2D eigenvalue weighted by atomic mass is 9.91. The van der Waals surface area contributed by atoms with Crippen molar-refractivity contribution in [3.8, 4) is 0 Å². The van der Waals surface area contributed by atoms with E-state index < -0.39 is 29.1 Å². The topological polar surface area (TPSA) is 86.2 Å². The number of hydrogen-bond donors (Lipinski definition) is 1. The first-order chi connectivity index (χ1) is 15.5. The number of halogens is 2. The van der Waals surface area contributed by atoms with Crippen molar-refractivity contribution in [2.75, 3.05) is 37.7 Å². The van der Waals surface area contributed by atoms with Gasteiger partial charge in [0.25, 0.3) is 5.92 Å². The number of carbonyl (C=O) groups excluding carboxylic acids is 2. The van der Waals surface area contributed by atoms with Crippen molar-refractivity contribution in [1.29, 1.82) is 0 Å². The third-order valence-electron chi connectivity index (χ3n) is 6.29. The maximum Gasteiger partial charge on any atom is 0.410 e. The van der Waals surface area contributed by atoms with Crippen LogP contribution in [0.3, 0.4) is 0 Å². The highest BCUT2D eigenvalue weighted by molar-refractivity contribution is 5.97. The predicted octanol–water partition coefficient (Wildman–Crippen LogP) is 3.12. The summed E-state index contributed by atoms with van der Waals surface area (Å²) in [4.78, 5) is 35.2. The molecule has 0 aliphatic carbocycles. The molecule has 1 aromatic rings. The highest BCUT2D eigenvalue weighted by atomic mass is 19.3. The number of ether oxygens (including phenoxy) is 1. The number of hydrogen-bond acceptors (Lipinski definition) is 6. The van der Waals surface area contributed by atoms with Gasteiger partial charge in [-0.2, -0.15) is 0 Å². The van der Waals surface area contributed by atoms with E-state index in [9.17, 15) is 23.5 Å². The van der Waals surface area contributed by atoms with Crippen LogP contribution in [0.2, 0.25) is 0 Å². The molecule has 0 bridgehead atoms. The highest BCUT2D eigenvalue weighted by Crippen LogP contribution is 2.41. The van der Waals surface area contributed by atoms with Crippen LogP contribution in [0.4, 0.5) is 19.3 Å². The van der Waals surface area contributed by atoms with Gasteiger partial charge in [0.1, 0.15) is 5.60 Å². The molecule has 2 amide bonds. The largest absolute Gasteiger partial charge is 0.444 e. The number of nitrogens with zero attached hydrogens (tertiary/aromatic N) is 4. The summed E-state index contributed by atoms with van der Waals surface area (Å²) in [5.41, 5.74) is -0.359. The van der Waals surface area contributed by atoms with E-state index >= 15 is 0 Å². The zero-order valence-corrected chi connectivity index (χ0v) is 21.1. The molecule has 0 saturated carbocycles. The Morgan fingerprint density at radius 2 is 1.88 bits per heavy atom. The molecule has 34 heavy (non-hydrogen) atoms. The van der Waals surface area contributed by atoms with Gasteiger partial charge in [-0.1, -0.05) is 13.8 Å². The van der Waals surface area contributed by atoms with Crippen molar-refractivity contribution in [3.63, 3.8) is 0 Å². The van der Waals surface area contributed by atoms with Gasteiger partial charge >= 0.3 is 6.09 Å². The van der Waals surface area contributed by atoms with E-state index in [1.165, 1.54) is 17.2 Å². The number of aromatic nitrogens is 1. The summed E-state index contributed by atoms with van der Waals surface area (Å²) in [5.74, 6) is -3.33. The quantitative estimate of drug-likeness (QED) is 0.710. The number of aliphatic hydroxyl groups excluding tert-OH is 1. The number of piperazine rings is 1. The Kier molecular flexibility index (Phi) is 6.98. The highest BCUT2D eigenvalue weighted by Gasteiger charge is 2.43. The number of pyridine rings is 1. The Morgan fingerprint density at radius 3 is 2.44 bits per heavy atom. The molecular weight excluding hydrogens is 446 g/mol. The average Bonchev–Trinajstić information content (AvgIpc) is 2.97. The van der Waals surface area contributed by atoms with Crippen molar-refractivity contribution in [2.24, 2.45) is 0 Å². The number of anilines is 1. The summed E-state index contributed by atoms with van der Waals surface area (Å²) in [7, 11) is 0. The van der Waals surface area contributed by atoms with Crippen molar-refractivity contribution in [2.45, 2.75) is 77.5 Å². The Bertz CT molecular complexity index is 942. The van der Waals surface area contributed by atoms with Crippen LogP contribution < -0.4 is 4.90 Å². The van der Waals surface area contributed by atoms with Crippen LogP contribution >= 0.6 is 0 Å². The molecule has 3 rings (SSSR count). The minimum absolute atomic E-state index is 0.0139. The van der Waals surface area contributed by atoms with Crippen LogP contribution in [0.15, 0.2) is 12.3 Å². The van der Waals surface area contributed by atoms with Crippen molar-refractivity contribution in [1.82, 2.24) is 14.8 Å². The Morgan fingerprint density at radius 1 is 1.24 bits per heavy atom. The van der Waals surface area contributed by atoms with Crippen molar-refractivity contribution < 1.29 is 28.2 Å². The van der Waals surface area contributed by atoms with Gasteiger partial charge in [-0.3, -0.25) is 14.7 Å². The second-order valence-electron chi connectivity index (χ2n) is 11.1. The fourth-order valence-corrected chi connectivity index (χ4v) is 4.51. The average molecular weight is 483 g/mol. The zero-order chi connectivity index (χ0) is 25.6. The number of carbonyl (C=O) groups is 2. The summed E-state index contributed by atoms with van der Waals surface area (Å²) < 4.78 is 33.4. The van der Waals surface area contributed by atoms with Gasteiger partial charge in [-0.05, 0) is 33.8 Å².